The number of ether oxygens (including phenoxy) is 1. The van der Waals surface area contributed by atoms with Gasteiger partial charge in [-0.05, 0) is 43.7 Å². The van der Waals surface area contributed by atoms with Crippen molar-refractivity contribution in [1.82, 2.24) is 10.5 Å². The van der Waals surface area contributed by atoms with E-state index in [9.17, 15) is 0 Å². The van der Waals surface area contributed by atoms with Crippen molar-refractivity contribution < 1.29 is 9.26 Å². The zero-order chi connectivity index (χ0) is 14.4. The van der Waals surface area contributed by atoms with E-state index in [0.29, 0.717) is 12.5 Å². The van der Waals surface area contributed by atoms with Crippen molar-refractivity contribution in [2.75, 3.05) is 13.2 Å². The molecule has 108 valence electrons. The van der Waals surface area contributed by atoms with E-state index < -0.39 is 0 Å². The predicted molar refractivity (Wildman–Crippen MR) is 79.7 cm³/mol. The molecule has 1 aromatic carbocycles. The largest absolute Gasteiger partial charge is 0.494 e. The van der Waals surface area contributed by atoms with Crippen LogP contribution in [0, 0.1) is 5.92 Å². The van der Waals surface area contributed by atoms with Crippen molar-refractivity contribution in [3.8, 4) is 17.1 Å². The van der Waals surface area contributed by atoms with E-state index in [1.54, 1.807) is 0 Å². The van der Waals surface area contributed by atoms with E-state index in [1.165, 1.54) is 0 Å². The fourth-order valence-electron chi connectivity index (χ4n) is 1.90. The molecule has 0 saturated heterocycles. The van der Waals surface area contributed by atoms with Crippen LogP contribution in [0.25, 0.3) is 11.3 Å². The second-order valence-corrected chi connectivity index (χ2v) is 5.16. The average Bonchev–Trinajstić information content (AvgIpc) is 2.88. The van der Waals surface area contributed by atoms with E-state index in [2.05, 4.69) is 24.3 Å². The lowest BCUT2D eigenvalue weighted by atomic mass is 10.1. The normalized spacial score (nSPS) is 11.0. The zero-order valence-electron chi connectivity index (χ0n) is 12.3. The number of hydrogen-bond donors (Lipinski definition) is 1. The predicted octanol–water partition coefficient (Wildman–Crippen LogP) is 3.49. The van der Waals surface area contributed by atoms with Gasteiger partial charge in [0.1, 0.15) is 5.75 Å². The molecular weight excluding hydrogens is 252 g/mol. The lowest BCUT2D eigenvalue weighted by Crippen LogP contribution is -2.18. The summed E-state index contributed by atoms with van der Waals surface area (Å²) in [7, 11) is 0. The molecule has 1 N–H and O–H groups in total. The Morgan fingerprint density at radius 2 is 2.00 bits per heavy atom. The molecule has 0 saturated carbocycles. The molecule has 0 aliphatic carbocycles. The third kappa shape index (κ3) is 4.10. The Morgan fingerprint density at radius 1 is 1.25 bits per heavy atom. The highest BCUT2D eigenvalue weighted by Gasteiger charge is 2.07. The van der Waals surface area contributed by atoms with Gasteiger partial charge in [-0.2, -0.15) is 0 Å². The summed E-state index contributed by atoms with van der Waals surface area (Å²) in [5.41, 5.74) is 1.94. The van der Waals surface area contributed by atoms with Crippen LogP contribution in [0.15, 0.2) is 34.9 Å². The first-order chi connectivity index (χ1) is 9.69. The van der Waals surface area contributed by atoms with Crippen molar-refractivity contribution in [3.05, 3.63) is 36.0 Å². The summed E-state index contributed by atoms with van der Waals surface area (Å²) in [6, 6.07) is 9.83. The molecule has 1 aromatic heterocycles. The molecule has 1 heterocycles. The first-order valence-electron chi connectivity index (χ1n) is 7.08. The Hall–Kier alpha value is -1.81. The Kier molecular flexibility index (Phi) is 5.18. The van der Waals surface area contributed by atoms with Crippen LogP contribution in [0.4, 0.5) is 0 Å². The average molecular weight is 274 g/mol. The fraction of sp³-hybridized carbons (Fsp3) is 0.438. The highest BCUT2D eigenvalue weighted by atomic mass is 16.5. The number of nitrogens with zero attached hydrogens (tertiary/aromatic N) is 1. The molecule has 0 atom stereocenters. The van der Waals surface area contributed by atoms with Gasteiger partial charge in [0.25, 0.3) is 0 Å². The van der Waals surface area contributed by atoms with E-state index in [-0.39, 0.29) is 0 Å². The number of nitrogens with one attached hydrogen (secondary N) is 1. The van der Waals surface area contributed by atoms with Gasteiger partial charge in [0, 0.05) is 18.2 Å². The number of hydrogen-bond acceptors (Lipinski definition) is 4. The summed E-state index contributed by atoms with van der Waals surface area (Å²) >= 11 is 0. The number of aromatic nitrogens is 1. The second kappa shape index (κ2) is 7.10. The van der Waals surface area contributed by atoms with Crippen LogP contribution < -0.4 is 10.1 Å². The van der Waals surface area contributed by atoms with E-state index in [1.807, 2.05) is 37.3 Å². The van der Waals surface area contributed by atoms with Gasteiger partial charge in [0.2, 0.25) is 0 Å². The van der Waals surface area contributed by atoms with Crippen molar-refractivity contribution in [1.29, 1.82) is 0 Å². The maximum Gasteiger partial charge on any atom is 0.167 e. The monoisotopic (exact) mass is 274 g/mol. The van der Waals surface area contributed by atoms with E-state index in [4.69, 9.17) is 9.26 Å². The van der Waals surface area contributed by atoms with Crippen molar-refractivity contribution in [2.24, 2.45) is 5.92 Å². The molecule has 2 rings (SSSR count). The SMILES string of the molecule is CCOc1ccc(-c2cc(CNCC(C)C)no2)cc1. The smallest absolute Gasteiger partial charge is 0.167 e. The Balaban J connectivity index is 1.97. The highest BCUT2D eigenvalue weighted by molar-refractivity contribution is 5.58. The molecule has 0 radical (unpaired) electrons. The van der Waals surface area contributed by atoms with Crippen LogP contribution in [-0.4, -0.2) is 18.3 Å². The molecule has 2 aromatic rings. The highest BCUT2D eigenvalue weighted by Crippen LogP contribution is 2.23. The second-order valence-electron chi connectivity index (χ2n) is 5.16. The number of benzene rings is 1. The third-order valence-corrected chi connectivity index (χ3v) is 2.87. The molecule has 20 heavy (non-hydrogen) atoms. The summed E-state index contributed by atoms with van der Waals surface area (Å²) < 4.78 is 10.8. The Morgan fingerprint density at radius 3 is 2.65 bits per heavy atom. The topological polar surface area (TPSA) is 47.3 Å². The third-order valence-electron chi connectivity index (χ3n) is 2.87. The van der Waals surface area contributed by atoms with Gasteiger partial charge in [-0.1, -0.05) is 19.0 Å². The fourth-order valence-corrected chi connectivity index (χ4v) is 1.90. The summed E-state index contributed by atoms with van der Waals surface area (Å²) in [6.07, 6.45) is 0. The maximum atomic E-state index is 5.42. The van der Waals surface area contributed by atoms with Gasteiger partial charge in [-0.15, -0.1) is 0 Å². The van der Waals surface area contributed by atoms with Crippen molar-refractivity contribution in [3.63, 3.8) is 0 Å². The van der Waals surface area contributed by atoms with E-state index in [0.717, 1.165) is 35.9 Å². The molecule has 0 aliphatic heterocycles. The minimum atomic E-state index is 0.632. The standard InChI is InChI=1S/C16H22N2O2/c1-4-19-15-7-5-13(6-8-15)16-9-14(18-20-16)11-17-10-12(2)3/h5-9,12,17H,4,10-11H2,1-3H3. The van der Waals surface area contributed by atoms with Crippen LogP contribution in [0.3, 0.4) is 0 Å². The molecule has 4 nitrogen and oxygen atoms in total. The maximum absolute atomic E-state index is 5.42. The molecular formula is C16H22N2O2. The molecule has 0 bridgehead atoms. The summed E-state index contributed by atoms with van der Waals surface area (Å²) in [4.78, 5) is 0. The molecule has 0 unspecified atom stereocenters. The van der Waals surface area contributed by atoms with Gasteiger partial charge in [0.05, 0.1) is 12.3 Å². The minimum absolute atomic E-state index is 0.632. The molecule has 4 heteroatoms. The molecule has 0 aliphatic rings. The van der Waals surface area contributed by atoms with Gasteiger partial charge in [0.15, 0.2) is 5.76 Å². The van der Waals surface area contributed by atoms with Crippen LogP contribution in [-0.2, 0) is 6.54 Å². The summed E-state index contributed by atoms with van der Waals surface area (Å²) in [5, 5.41) is 7.43. The first kappa shape index (κ1) is 14.6. The van der Waals surface area contributed by atoms with E-state index >= 15 is 0 Å². The first-order valence-corrected chi connectivity index (χ1v) is 7.08. The van der Waals surface area contributed by atoms with Gasteiger partial charge >= 0.3 is 0 Å². The summed E-state index contributed by atoms with van der Waals surface area (Å²) in [5.74, 6) is 2.29. The van der Waals surface area contributed by atoms with Gasteiger partial charge < -0.3 is 14.6 Å². The van der Waals surface area contributed by atoms with Crippen molar-refractivity contribution >= 4 is 0 Å². The van der Waals surface area contributed by atoms with Crippen LogP contribution in [0.5, 0.6) is 5.75 Å². The Bertz CT molecular complexity index is 518. The van der Waals surface area contributed by atoms with Crippen LogP contribution in [0.1, 0.15) is 26.5 Å². The lowest BCUT2D eigenvalue weighted by molar-refractivity contribution is 0.340. The van der Waals surface area contributed by atoms with Gasteiger partial charge in [-0.25, -0.2) is 0 Å². The number of rotatable bonds is 7. The quantitative estimate of drug-likeness (QED) is 0.839. The van der Waals surface area contributed by atoms with Crippen molar-refractivity contribution in [2.45, 2.75) is 27.3 Å². The van der Waals surface area contributed by atoms with Gasteiger partial charge in [-0.3, -0.25) is 0 Å². The zero-order valence-corrected chi connectivity index (χ0v) is 12.3. The summed E-state index contributed by atoms with van der Waals surface area (Å²) in [6.45, 7) is 8.72. The lowest BCUT2D eigenvalue weighted by Gasteiger charge is -2.04. The molecule has 0 amide bonds. The van der Waals surface area contributed by atoms with Crippen LogP contribution in [0.2, 0.25) is 0 Å². The Labute approximate surface area is 120 Å². The molecule has 0 spiro atoms. The molecule has 0 fully saturated rings. The van der Waals surface area contributed by atoms with Crippen LogP contribution >= 0.6 is 0 Å². The minimum Gasteiger partial charge on any atom is -0.494 e.